The highest BCUT2D eigenvalue weighted by Gasteiger charge is 2.33. The number of sulfonamides is 1. The Morgan fingerprint density at radius 1 is 1.23 bits per heavy atom. The fourth-order valence-electron chi connectivity index (χ4n) is 3.63. The molecule has 30 heavy (non-hydrogen) atoms. The second-order valence-corrected chi connectivity index (χ2v) is 10.9. The number of benzene rings is 2. The summed E-state index contributed by atoms with van der Waals surface area (Å²) in [7, 11) is -3.76. The van der Waals surface area contributed by atoms with Gasteiger partial charge in [0.15, 0.2) is 6.10 Å². The molecule has 2 N–H and O–H groups in total. The van der Waals surface area contributed by atoms with Crippen LogP contribution in [-0.2, 0) is 15.8 Å². The van der Waals surface area contributed by atoms with E-state index in [1.54, 1.807) is 31.2 Å². The van der Waals surface area contributed by atoms with Gasteiger partial charge in [0.05, 0.1) is 20.0 Å². The number of fused-ring (bicyclic) bond motifs is 3. The van der Waals surface area contributed by atoms with Crippen molar-refractivity contribution in [2.24, 2.45) is 5.14 Å². The summed E-state index contributed by atoms with van der Waals surface area (Å²) in [5, 5.41) is 5.25. The molecule has 158 valence electrons. The number of hydrogen-bond donors (Lipinski definition) is 1. The highest BCUT2D eigenvalue weighted by Crippen LogP contribution is 2.51. The summed E-state index contributed by atoms with van der Waals surface area (Å²) in [6.07, 6.45) is -0.536. The van der Waals surface area contributed by atoms with Crippen molar-refractivity contribution < 1.29 is 26.7 Å². The van der Waals surface area contributed by atoms with Gasteiger partial charge in [-0.05, 0) is 63.8 Å². The van der Waals surface area contributed by atoms with E-state index in [1.807, 2.05) is 12.1 Å². The van der Waals surface area contributed by atoms with Crippen LogP contribution in [0.15, 0.2) is 46.3 Å². The standard InChI is InChI=1S/C20H16BrF2NO4S2/c1-10-11(9-30(24,25)26)5-6-12-17(10)19(15-7-8-16(21)29-15)27-13-3-2-4-14(18(12)13)28-20(22)23/h2-8,19-20H,9H2,1H3,(H2,24,25,26). The first-order chi connectivity index (χ1) is 14.1. The van der Waals surface area contributed by atoms with Crippen molar-refractivity contribution >= 4 is 37.3 Å². The number of halogens is 3. The van der Waals surface area contributed by atoms with Gasteiger partial charge in [-0.3, -0.25) is 0 Å². The summed E-state index contributed by atoms with van der Waals surface area (Å²) < 4.78 is 61.2. The predicted octanol–water partition coefficient (Wildman–Crippen LogP) is 5.36. The third-order valence-electron chi connectivity index (χ3n) is 4.82. The summed E-state index contributed by atoms with van der Waals surface area (Å²) in [5.74, 6) is 0.0663. The van der Waals surface area contributed by atoms with Gasteiger partial charge in [0.25, 0.3) is 0 Å². The van der Waals surface area contributed by atoms with E-state index < -0.39 is 22.7 Å². The van der Waals surface area contributed by atoms with E-state index in [2.05, 4.69) is 15.9 Å². The zero-order valence-corrected chi connectivity index (χ0v) is 18.8. The van der Waals surface area contributed by atoms with Gasteiger partial charge in [0, 0.05) is 5.56 Å². The van der Waals surface area contributed by atoms with Gasteiger partial charge in [-0.1, -0.05) is 18.2 Å². The lowest BCUT2D eigenvalue weighted by molar-refractivity contribution is -0.0496. The highest BCUT2D eigenvalue weighted by molar-refractivity contribution is 9.11. The lowest BCUT2D eigenvalue weighted by atomic mass is 9.86. The van der Waals surface area contributed by atoms with Crippen molar-refractivity contribution in [2.45, 2.75) is 25.4 Å². The average molecular weight is 516 g/mol. The Kier molecular flexibility index (Phi) is 5.60. The fraction of sp³-hybridized carbons (Fsp3) is 0.200. The van der Waals surface area contributed by atoms with Gasteiger partial charge < -0.3 is 9.47 Å². The van der Waals surface area contributed by atoms with Gasteiger partial charge in [-0.2, -0.15) is 8.78 Å². The molecular weight excluding hydrogens is 500 g/mol. The van der Waals surface area contributed by atoms with E-state index in [0.29, 0.717) is 33.6 Å². The van der Waals surface area contributed by atoms with Crippen molar-refractivity contribution in [1.82, 2.24) is 0 Å². The Bertz CT molecular complexity index is 1230. The zero-order chi connectivity index (χ0) is 21.6. The van der Waals surface area contributed by atoms with Gasteiger partial charge in [-0.15, -0.1) is 11.3 Å². The van der Waals surface area contributed by atoms with Crippen molar-refractivity contribution in [3.8, 4) is 22.6 Å². The molecule has 0 fully saturated rings. The van der Waals surface area contributed by atoms with Crippen LogP contribution in [0.25, 0.3) is 11.1 Å². The molecule has 10 heteroatoms. The monoisotopic (exact) mass is 515 g/mol. The van der Waals surface area contributed by atoms with E-state index in [0.717, 1.165) is 8.66 Å². The van der Waals surface area contributed by atoms with Crippen LogP contribution in [0.2, 0.25) is 0 Å². The molecule has 1 atom stereocenters. The van der Waals surface area contributed by atoms with Gasteiger partial charge in [-0.25, -0.2) is 13.6 Å². The van der Waals surface area contributed by atoms with Crippen molar-refractivity contribution in [3.63, 3.8) is 0 Å². The molecule has 2 heterocycles. The molecule has 0 aliphatic carbocycles. The Morgan fingerprint density at radius 2 is 2.00 bits per heavy atom. The molecule has 1 aromatic heterocycles. The van der Waals surface area contributed by atoms with Crippen LogP contribution in [0.4, 0.5) is 8.78 Å². The van der Waals surface area contributed by atoms with E-state index in [9.17, 15) is 17.2 Å². The molecule has 4 rings (SSSR count). The summed E-state index contributed by atoms with van der Waals surface area (Å²) >= 11 is 4.92. The molecule has 3 aromatic rings. The van der Waals surface area contributed by atoms with Crippen molar-refractivity contribution in [3.05, 3.63) is 67.8 Å². The van der Waals surface area contributed by atoms with Crippen LogP contribution >= 0.6 is 27.3 Å². The minimum Gasteiger partial charge on any atom is -0.479 e. The van der Waals surface area contributed by atoms with Crippen LogP contribution < -0.4 is 14.6 Å². The first kappa shape index (κ1) is 21.2. The molecular formula is C20H16BrF2NO4S2. The number of nitrogens with two attached hydrogens (primary N) is 1. The number of hydrogen-bond acceptors (Lipinski definition) is 5. The third-order valence-corrected chi connectivity index (χ3v) is 7.20. The van der Waals surface area contributed by atoms with Crippen LogP contribution in [0.1, 0.15) is 27.7 Å². The van der Waals surface area contributed by atoms with Crippen LogP contribution in [-0.4, -0.2) is 15.0 Å². The SMILES string of the molecule is Cc1c(CS(N)(=O)=O)ccc2c1C(c1ccc(Br)s1)Oc1cccc(OC(F)F)c1-2. The predicted molar refractivity (Wildman–Crippen MR) is 115 cm³/mol. The topological polar surface area (TPSA) is 78.6 Å². The second kappa shape index (κ2) is 7.92. The van der Waals surface area contributed by atoms with Crippen LogP contribution in [0, 0.1) is 6.92 Å². The Morgan fingerprint density at radius 3 is 2.63 bits per heavy atom. The smallest absolute Gasteiger partial charge is 0.387 e. The van der Waals surface area contributed by atoms with E-state index >= 15 is 0 Å². The Balaban J connectivity index is 1.97. The first-order valence-electron chi connectivity index (χ1n) is 8.77. The van der Waals surface area contributed by atoms with Gasteiger partial charge >= 0.3 is 6.61 Å². The minimum atomic E-state index is -3.76. The maximum absolute atomic E-state index is 13.0. The largest absolute Gasteiger partial charge is 0.479 e. The molecule has 0 spiro atoms. The lowest BCUT2D eigenvalue weighted by Gasteiger charge is -2.31. The maximum atomic E-state index is 13.0. The fourth-order valence-corrected chi connectivity index (χ4v) is 5.84. The molecule has 2 aromatic carbocycles. The molecule has 0 saturated carbocycles. The molecule has 1 unspecified atom stereocenters. The molecule has 1 aliphatic rings. The van der Waals surface area contributed by atoms with Crippen molar-refractivity contribution in [2.75, 3.05) is 0 Å². The van der Waals surface area contributed by atoms with E-state index in [1.165, 1.54) is 17.4 Å². The number of primary sulfonamides is 1. The summed E-state index contributed by atoms with van der Waals surface area (Å²) in [6.45, 7) is -1.21. The third kappa shape index (κ3) is 4.09. The minimum absolute atomic E-state index is 0.00634. The molecule has 0 bridgehead atoms. The maximum Gasteiger partial charge on any atom is 0.387 e. The molecule has 0 amide bonds. The average Bonchev–Trinajstić information content (AvgIpc) is 3.08. The number of thiophene rings is 1. The molecule has 0 saturated heterocycles. The van der Waals surface area contributed by atoms with Crippen molar-refractivity contribution in [1.29, 1.82) is 0 Å². The highest BCUT2D eigenvalue weighted by atomic mass is 79.9. The second-order valence-electron chi connectivity index (χ2n) is 6.77. The van der Waals surface area contributed by atoms with Crippen LogP contribution in [0.3, 0.4) is 0 Å². The molecule has 0 radical (unpaired) electrons. The summed E-state index contributed by atoms with van der Waals surface area (Å²) in [6, 6.07) is 11.9. The van der Waals surface area contributed by atoms with Crippen LogP contribution in [0.5, 0.6) is 11.5 Å². The number of ether oxygens (including phenoxy) is 2. The zero-order valence-electron chi connectivity index (χ0n) is 15.6. The van der Waals surface area contributed by atoms with Gasteiger partial charge in [0.1, 0.15) is 11.5 Å². The van der Waals surface area contributed by atoms with E-state index in [4.69, 9.17) is 14.6 Å². The Labute approximate surface area is 184 Å². The normalized spacial score (nSPS) is 15.5. The summed E-state index contributed by atoms with van der Waals surface area (Å²) in [4.78, 5) is 0.879. The molecule has 1 aliphatic heterocycles. The van der Waals surface area contributed by atoms with E-state index in [-0.39, 0.29) is 11.5 Å². The summed E-state index contributed by atoms with van der Waals surface area (Å²) in [5.41, 5.74) is 2.95. The quantitative estimate of drug-likeness (QED) is 0.496. The number of alkyl halides is 2. The van der Waals surface area contributed by atoms with Gasteiger partial charge in [0.2, 0.25) is 10.0 Å². The number of rotatable bonds is 5. The lowest BCUT2D eigenvalue weighted by Crippen LogP contribution is -2.20. The first-order valence-corrected chi connectivity index (χ1v) is 12.1. The molecule has 5 nitrogen and oxygen atoms in total. The Hall–Kier alpha value is -2.01.